The van der Waals surface area contributed by atoms with E-state index in [1.165, 1.54) is 6.07 Å². The molecule has 0 spiro atoms. The van der Waals surface area contributed by atoms with Crippen LogP contribution in [0.25, 0.3) is 0 Å². The van der Waals surface area contributed by atoms with Crippen LogP contribution < -0.4 is 5.32 Å². The molecule has 1 aromatic heterocycles. The van der Waals surface area contributed by atoms with E-state index in [0.29, 0.717) is 30.4 Å². The Morgan fingerprint density at radius 3 is 2.48 bits per heavy atom. The third kappa shape index (κ3) is 4.67. The van der Waals surface area contributed by atoms with Gasteiger partial charge in [-0.25, -0.2) is 14.4 Å². The minimum absolute atomic E-state index is 0.191. The molecular formula is C21H21FN4O. The standard InChI is InChI=1S/C21H21FN4O/c1-3-26(14-16-9-5-4-6-10-16)21(27)19-13-20(24-15(2)23-19)25-18-12-8-7-11-17(18)22/h4-13H,3,14H2,1-2H3,(H,23,24,25). The van der Waals surface area contributed by atoms with Gasteiger partial charge >= 0.3 is 0 Å². The highest BCUT2D eigenvalue weighted by Crippen LogP contribution is 2.19. The molecule has 6 heteroatoms. The van der Waals surface area contributed by atoms with E-state index in [1.54, 1.807) is 36.1 Å². The van der Waals surface area contributed by atoms with Gasteiger partial charge in [-0.2, -0.15) is 0 Å². The molecule has 3 rings (SSSR count). The van der Waals surface area contributed by atoms with E-state index in [-0.39, 0.29) is 17.4 Å². The summed E-state index contributed by atoms with van der Waals surface area (Å²) in [5, 5.41) is 2.92. The number of rotatable bonds is 6. The summed E-state index contributed by atoms with van der Waals surface area (Å²) in [6.07, 6.45) is 0. The van der Waals surface area contributed by atoms with Crippen LogP contribution in [0.3, 0.4) is 0 Å². The van der Waals surface area contributed by atoms with Gasteiger partial charge in [-0.1, -0.05) is 42.5 Å². The summed E-state index contributed by atoms with van der Waals surface area (Å²) < 4.78 is 13.9. The van der Waals surface area contributed by atoms with Crippen LogP contribution in [-0.2, 0) is 6.54 Å². The van der Waals surface area contributed by atoms with Crippen molar-refractivity contribution in [2.75, 3.05) is 11.9 Å². The van der Waals surface area contributed by atoms with Crippen LogP contribution in [0.4, 0.5) is 15.9 Å². The second kappa shape index (κ2) is 8.40. The monoisotopic (exact) mass is 364 g/mol. The van der Waals surface area contributed by atoms with Gasteiger partial charge in [0.25, 0.3) is 5.91 Å². The van der Waals surface area contributed by atoms with E-state index in [4.69, 9.17) is 0 Å². The summed E-state index contributed by atoms with van der Waals surface area (Å²) in [6.45, 7) is 4.67. The van der Waals surface area contributed by atoms with Crippen molar-refractivity contribution in [1.29, 1.82) is 0 Å². The summed E-state index contributed by atoms with van der Waals surface area (Å²) in [6, 6.07) is 17.7. The summed E-state index contributed by atoms with van der Waals surface area (Å²) in [5.74, 6) is 0.242. The number of para-hydroxylation sites is 1. The lowest BCUT2D eigenvalue weighted by Crippen LogP contribution is -2.31. The van der Waals surface area contributed by atoms with Crippen molar-refractivity contribution in [3.63, 3.8) is 0 Å². The number of carbonyl (C=O) groups is 1. The third-order valence-corrected chi connectivity index (χ3v) is 4.08. The average Bonchev–Trinajstić information content (AvgIpc) is 2.68. The van der Waals surface area contributed by atoms with Crippen LogP contribution in [0.15, 0.2) is 60.7 Å². The maximum Gasteiger partial charge on any atom is 0.272 e. The zero-order valence-electron chi connectivity index (χ0n) is 15.3. The number of aryl methyl sites for hydroxylation is 1. The lowest BCUT2D eigenvalue weighted by atomic mass is 10.2. The first-order valence-corrected chi connectivity index (χ1v) is 8.77. The zero-order chi connectivity index (χ0) is 19.2. The number of carbonyl (C=O) groups excluding carboxylic acids is 1. The van der Waals surface area contributed by atoms with E-state index in [2.05, 4.69) is 15.3 Å². The third-order valence-electron chi connectivity index (χ3n) is 4.08. The fraction of sp³-hybridized carbons (Fsp3) is 0.190. The fourth-order valence-electron chi connectivity index (χ4n) is 2.73. The van der Waals surface area contributed by atoms with Crippen molar-refractivity contribution in [3.05, 3.63) is 83.6 Å². The first-order chi connectivity index (χ1) is 13.1. The number of nitrogens with zero attached hydrogens (tertiary/aromatic N) is 3. The Balaban J connectivity index is 1.83. The van der Waals surface area contributed by atoms with Crippen molar-refractivity contribution >= 4 is 17.4 Å². The largest absolute Gasteiger partial charge is 0.338 e. The van der Waals surface area contributed by atoms with Crippen LogP contribution in [0.5, 0.6) is 0 Å². The maximum absolute atomic E-state index is 13.9. The van der Waals surface area contributed by atoms with Crippen LogP contribution in [0.1, 0.15) is 28.8 Å². The Morgan fingerprint density at radius 2 is 1.78 bits per heavy atom. The van der Waals surface area contributed by atoms with Gasteiger partial charge in [0.15, 0.2) is 0 Å². The SMILES string of the molecule is CCN(Cc1ccccc1)C(=O)c1cc(Nc2ccccc2F)nc(C)n1. The molecule has 0 fully saturated rings. The van der Waals surface area contributed by atoms with Gasteiger partial charge in [-0.15, -0.1) is 0 Å². The van der Waals surface area contributed by atoms with Gasteiger partial charge in [0.05, 0.1) is 5.69 Å². The average molecular weight is 364 g/mol. The quantitative estimate of drug-likeness (QED) is 0.707. The highest BCUT2D eigenvalue weighted by atomic mass is 19.1. The molecule has 0 aliphatic carbocycles. The molecule has 1 heterocycles. The van der Waals surface area contributed by atoms with Crippen molar-refractivity contribution in [2.45, 2.75) is 20.4 Å². The Hall–Kier alpha value is -3.28. The molecule has 27 heavy (non-hydrogen) atoms. The molecule has 138 valence electrons. The number of benzene rings is 2. The van der Waals surface area contributed by atoms with Crippen LogP contribution in [0, 0.1) is 12.7 Å². The van der Waals surface area contributed by atoms with Crippen molar-refractivity contribution in [3.8, 4) is 0 Å². The zero-order valence-corrected chi connectivity index (χ0v) is 15.3. The summed E-state index contributed by atoms with van der Waals surface area (Å²) >= 11 is 0. The fourth-order valence-corrected chi connectivity index (χ4v) is 2.73. The molecule has 1 N–H and O–H groups in total. The molecule has 0 bridgehead atoms. The van der Waals surface area contributed by atoms with E-state index in [0.717, 1.165) is 5.56 Å². The number of halogens is 1. The van der Waals surface area contributed by atoms with Crippen molar-refractivity contribution < 1.29 is 9.18 Å². The topological polar surface area (TPSA) is 58.1 Å². The Kier molecular flexibility index (Phi) is 5.76. The normalized spacial score (nSPS) is 10.5. The highest BCUT2D eigenvalue weighted by Gasteiger charge is 2.18. The number of nitrogens with one attached hydrogen (secondary N) is 1. The van der Waals surface area contributed by atoms with E-state index in [1.807, 2.05) is 37.3 Å². The predicted molar refractivity (Wildman–Crippen MR) is 103 cm³/mol. The molecule has 0 saturated carbocycles. The molecule has 0 unspecified atom stereocenters. The molecule has 5 nitrogen and oxygen atoms in total. The Labute approximate surface area is 157 Å². The molecule has 2 aromatic carbocycles. The summed E-state index contributed by atoms with van der Waals surface area (Å²) in [5.41, 5.74) is 1.62. The molecule has 0 radical (unpaired) electrons. The van der Waals surface area contributed by atoms with Gasteiger partial charge in [-0.3, -0.25) is 4.79 Å². The molecule has 0 saturated heterocycles. The Morgan fingerprint density at radius 1 is 1.07 bits per heavy atom. The van der Waals surface area contributed by atoms with Crippen molar-refractivity contribution in [1.82, 2.24) is 14.9 Å². The lowest BCUT2D eigenvalue weighted by Gasteiger charge is -2.21. The minimum atomic E-state index is -0.388. The number of aromatic nitrogens is 2. The molecule has 1 amide bonds. The van der Waals surface area contributed by atoms with Gasteiger partial charge in [-0.05, 0) is 31.5 Å². The van der Waals surface area contributed by atoms with E-state index >= 15 is 0 Å². The first-order valence-electron chi connectivity index (χ1n) is 8.77. The number of amides is 1. The number of anilines is 2. The van der Waals surface area contributed by atoms with Crippen LogP contribution >= 0.6 is 0 Å². The Bertz CT molecular complexity index is 930. The molecule has 0 aliphatic heterocycles. The second-order valence-corrected chi connectivity index (χ2v) is 6.10. The van der Waals surface area contributed by atoms with Gasteiger partial charge in [0.2, 0.25) is 0 Å². The van der Waals surface area contributed by atoms with Gasteiger partial charge in [0, 0.05) is 19.2 Å². The number of hydrogen-bond donors (Lipinski definition) is 1. The van der Waals surface area contributed by atoms with Gasteiger partial charge in [0.1, 0.15) is 23.2 Å². The summed E-state index contributed by atoms with van der Waals surface area (Å²) in [7, 11) is 0. The molecule has 0 atom stereocenters. The number of hydrogen-bond acceptors (Lipinski definition) is 4. The van der Waals surface area contributed by atoms with E-state index < -0.39 is 0 Å². The van der Waals surface area contributed by atoms with Crippen LogP contribution in [-0.4, -0.2) is 27.3 Å². The first kappa shape index (κ1) is 18.5. The summed E-state index contributed by atoms with van der Waals surface area (Å²) in [4.78, 5) is 23.2. The molecule has 0 aliphatic rings. The lowest BCUT2D eigenvalue weighted by molar-refractivity contribution is 0.0746. The molecule has 3 aromatic rings. The molecular weight excluding hydrogens is 343 g/mol. The maximum atomic E-state index is 13.9. The second-order valence-electron chi connectivity index (χ2n) is 6.10. The van der Waals surface area contributed by atoms with Crippen molar-refractivity contribution in [2.24, 2.45) is 0 Å². The predicted octanol–water partition coefficient (Wildman–Crippen LogP) is 4.33. The minimum Gasteiger partial charge on any atom is -0.338 e. The smallest absolute Gasteiger partial charge is 0.272 e. The highest BCUT2D eigenvalue weighted by molar-refractivity contribution is 5.93. The van der Waals surface area contributed by atoms with Crippen LogP contribution in [0.2, 0.25) is 0 Å². The van der Waals surface area contributed by atoms with Gasteiger partial charge < -0.3 is 10.2 Å². The van der Waals surface area contributed by atoms with E-state index in [9.17, 15) is 9.18 Å².